The van der Waals surface area contributed by atoms with Crippen molar-refractivity contribution in [3.63, 3.8) is 0 Å². The largest absolute Gasteiger partial charge is 0.381 e. The van der Waals surface area contributed by atoms with E-state index in [-0.39, 0.29) is 16.4 Å². The third-order valence-electron chi connectivity index (χ3n) is 3.28. The van der Waals surface area contributed by atoms with Crippen molar-refractivity contribution >= 4 is 41.6 Å². The summed E-state index contributed by atoms with van der Waals surface area (Å²) in [5.41, 5.74) is 0.256. The molecule has 1 N–H and O–H groups in total. The molecule has 8 heteroatoms. The number of ether oxygens (including phenoxy) is 1. The minimum absolute atomic E-state index is 0.104. The minimum Gasteiger partial charge on any atom is -0.381 e. The molecular weight excluding hydrogens is 382 g/mol. The zero-order valence-electron chi connectivity index (χ0n) is 11.1. The monoisotopic (exact) mass is 395 g/mol. The van der Waals surface area contributed by atoms with Gasteiger partial charge in [0.15, 0.2) is 0 Å². The van der Waals surface area contributed by atoms with E-state index in [0.717, 1.165) is 26.1 Å². The lowest BCUT2D eigenvalue weighted by Gasteiger charge is -2.09. The Morgan fingerprint density at radius 2 is 2.19 bits per heavy atom. The van der Waals surface area contributed by atoms with E-state index in [4.69, 9.17) is 15.4 Å². The summed E-state index contributed by atoms with van der Waals surface area (Å²) in [5.74, 6) is 0.156. The zero-order valence-corrected chi connectivity index (χ0v) is 14.3. The van der Waals surface area contributed by atoms with E-state index in [1.54, 1.807) is 6.07 Å². The van der Waals surface area contributed by atoms with Crippen molar-refractivity contribution in [2.45, 2.75) is 17.7 Å². The van der Waals surface area contributed by atoms with Crippen LogP contribution in [0.15, 0.2) is 27.6 Å². The Morgan fingerprint density at radius 3 is 2.81 bits per heavy atom. The van der Waals surface area contributed by atoms with Gasteiger partial charge in [0.25, 0.3) is 15.0 Å². The molecule has 1 amide bonds. The molecule has 1 saturated heterocycles. The molecule has 1 unspecified atom stereocenters. The predicted molar refractivity (Wildman–Crippen MR) is 83.1 cm³/mol. The number of amides is 1. The highest BCUT2D eigenvalue weighted by atomic mass is 79.9. The van der Waals surface area contributed by atoms with Crippen LogP contribution in [0.5, 0.6) is 0 Å². The molecule has 0 spiro atoms. The van der Waals surface area contributed by atoms with Gasteiger partial charge in [0.1, 0.15) is 0 Å². The molecule has 5 nitrogen and oxygen atoms in total. The van der Waals surface area contributed by atoms with Crippen molar-refractivity contribution < 1.29 is 17.9 Å². The van der Waals surface area contributed by atoms with Gasteiger partial charge >= 0.3 is 0 Å². The maximum Gasteiger partial charge on any atom is 0.261 e. The SMILES string of the molecule is O=C(NCCC1CCOC1)c1cc(Br)cc(S(=O)(=O)Cl)c1. The van der Waals surface area contributed by atoms with E-state index < -0.39 is 9.05 Å². The Morgan fingerprint density at radius 1 is 1.43 bits per heavy atom. The number of carbonyl (C=O) groups excluding carboxylic acids is 1. The Kier molecular flexibility index (Phi) is 5.65. The van der Waals surface area contributed by atoms with E-state index in [1.165, 1.54) is 12.1 Å². The molecule has 0 bridgehead atoms. The number of hydrogen-bond donors (Lipinski definition) is 1. The summed E-state index contributed by atoms with van der Waals surface area (Å²) < 4.78 is 28.4. The van der Waals surface area contributed by atoms with Gasteiger partial charge in [0, 0.05) is 40.5 Å². The molecule has 0 aliphatic carbocycles. The number of nitrogens with one attached hydrogen (secondary N) is 1. The van der Waals surface area contributed by atoms with E-state index in [1.807, 2.05) is 0 Å². The van der Waals surface area contributed by atoms with Crippen LogP contribution in [0, 0.1) is 5.92 Å². The molecule has 0 aromatic heterocycles. The van der Waals surface area contributed by atoms with Crippen LogP contribution in [-0.2, 0) is 13.8 Å². The molecule has 0 saturated carbocycles. The Labute approximate surface area is 136 Å². The number of carbonyl (C=O) groups is 1. The van der Waals surface area contributed by atoms with Gasteiger partial charge in [-0.05, 0) is 37.0 Å². The van der Waals surface area contributed by atoms with Crippen molar-refractivity contribution in [3.05, 3.63) is 28.2 Å². The average molecular weight is 397 g/mol. The van der Waals surface area contributed by atoms with E-state index in [2.05, 4.69) is 21.2 Å². The van der Waals surface area contributed by atoms with Crippen molar-refractivity contribution in [3.8, 4) is 0 Å². The summed E-state index contributed by atoms with van der Waals surface area (Å²) in [5, 5.41) is 2.78. The summed E-state index contributed by atoms with van der Waals surface area (Å²) in [6, 6.07) is 4.18. The smallest absolute Gasteiger partial charge is 0.261 e. The molecule has 21 heavy (non-hydrogen) atoms. The fourth-order valence-electron chi connectivity index (χ4n) is 2.14. The second-order valence-corrected chi connectivity index (χ2v) is 8.37. The van der Waals surface area contributed by atoms with E-state index in [0.29, 0.717) is 16.9 Å². The summed E-state index contributed by atoms with van der Waals surface area (Å²) in [4.78, 5) is 11.9. The average Bonchev–Trinajstić information content (AvgIpc) is 2.90. The third kappa shape index (κ3) is 4.95. The van der Waals surface area contributed by atoms with Crippen LogP contribution in [-0.4, -0.2) is 34.1 Å². The number of halogens is 2. The molecule has 1 heterocycles. The lowest BCUT2D eigenvalue weighted by atomic mass is 10.1. The molecular formula is C13H15BrClNO4S. The van der Waals surface area contributed by atoms with Crippen LogP contribution in [0.2, 0.25) is 0 Å². The number of benzene rings is 1. The third-order valence-corrected chi connectivity index (χ3v) is 5.07. The highest BCUT2D eigenvalue weighted by Crippen LogP contribution is 2.22. The van der Waals surface area contributed by atoms with Gasteiger partial charge in [-0.2, -0.15) is 0 Å². The summed E-state index contributed by atoms with van der Waals surface area (Å²) in [6.07, 6.45) is 1.86. The molecule has 1 aliphatic rings. The number of hydrogen-bond acceptors (Lipinski definition) is 4. The van der Waals surface area contributed by atoms with Crippen LogP contribution in [0.4, 0.5) is 0 Å². The first-order chi connectivity index (χ1) is 9.86. The van der Waals surface area contributed by atoms with Crippen LogP contribution >= 0.6 is 26.6 Å². The second kappa shape index (κ2) is 7.09. The maximum absolute atomic E-state index is 12.0. The van der Waals surface area contributed by atoms with Crippen molar-refractivity contribution in [2.24, 2.45) is 5.92 Å². The van der Waals surface area contributed by atoms with Crippen molar-refractivity contribution in [1.29, 1.82) is 0 Å². The second-order valence-electron chi connectivity index (χ2n) is 4.89. The molecule has 1 aromatic rings. The molecule has 1 atom stereocenters. The van der Waals surface area contributed by atoms with Gasteiger partial charge in [0.05, 0.1) is 4.90 Å². The summed E-state index contributed by atoms with van der Waals surface area (Å²) >= 11 is 3.18. The molecule has 1 fully saturated rings. The van der Waals surface area contributed by atoms with Crippen LogP contribution in [0.3, 0.4) is 0 Å². The summed E-state index contributed by atoms with van der Waals surface area (Å²) in [6.45, 7) is 2.05. The van der Waals surface area contributed by atoms with Gasteiger partial charge in [-0.15, -0.1) is 0 Å². The van der Waals surface area contributed by atoms with Gasteiger partial charge in [-0.1, -0.05) is 15.9 Å². The fourth-order valence-corrected chi connectivity index (χ4v) is 3.58. The topological polar surface area (TPSA) is 72.5 Å². The van der Waals surface area contributed by atoms with E-state index >= 15 is 0 Å². The predicted octanol–water partition coefficient (Wildman–Crippen LogP) is 2.53. The van der Waals surface area contributed by atoms with E-state index in [9.17, 15) is 13.2 Å². The summed E-state index contributed by atoms with van der Waals surface area (Å²) in [7, 11) is 1.43. The van der Waals surface area contributed by atoms with Crippen LogP contribution in [0.25, 0.3) is 0 Å². The standard InChI is InChI=1S/C13H15BrClNO4S/c14-11-5-10(6-12(7-11)21(15,18)19)13(17)16-3-1-9-2-4-20-8-9/h5-7,9H,1-4,8H2,(H,16,17). The van der Waals surface area contributed by atoms with Crippen LogP contribution < -0.4 is 5.32 Å². The van der Waals surface area contributed by atoms with Gasteiger partial charge in [0.2, 0.25) is 0 Å². The van der Waals surface area contributed by atoms with Crippen LogP contribution in [0.1, 0.15) is 23.2 Å². The maximum atomic E-state index is 12.0. The highest BCUT2D eigenvalue weighted by molar-refractivity contribution is 9.10. The van der Waals surface area contributed by atoms with Gasteiger partial charge < -0.3 is 10.1 Å². The molecule has 0 radical (unpaired) electrons. The minimum atomic E-state index is -3.87. The molecule has 2 rings (SSSR count). The quantitative estimate of drug-likeness (QED) is 0.776. The Bertz CT molecular complexity index is 629. The normalized spacial score (nSPS) is 18.7. The fraction of sp³-hybridized carbons (Fsp3) is 0.462. The highest BCUT2D eigenvalue weighted by Gasteiger charge is 2.17. The first-order valence-electron chi connectivity index (χ1n) is 6.47. The Hall–Kier alpha value is -0.630. The van der Waals surface area contributed by atoms with Gasteiger partial charge in [-0.3, -0.25) is 4.79 Å². The van der Waals surface area contributed by atoms with Crippen molar-refractivity contribution in [2.75, 3.05) is 19.8 Å². The first kappa shape index (κ1) is 16.7. The molecule has 1 aliphatic heterocycles. The van der Waals surface area contributed by atoms with Gasteiger partial charge in [-0.25, -0.2) is 8.42 Å². The molecule has 1 aromatic carbocycles. The first-order valence-corrected chi connectivity index (χ1v) is 9.57. The van der Waals surface area contributed by atoms with Crippen molar-refractivity contribution in [1.82, 2.24) is 5.32 Å². The molecule has 116 valence electrons. The lowest BCUT2D eigenvalue weighted by Crippen LogP contribution is -2.26. The Balaban J connectivity index is 2.00. The lowest BCUT2D eigenvalue weighted by molar-refractivity contribution is 0.0950. The number of rotatable bonds is 5. The zero-order chi connectivity index (χ0) is 15.5.